The molecule has 0 aliphatic heterocycles. The molecule has 0 radical (unpaired) electrons. The van der Waals surface area contributed by atoms with Crippen LogP contribution in [-0.4, -0.2) is 27.2 Å². The van der Waals surface area contributed by atoms with E-state index in [2.05, 4.69) is 34.9 Å². The van der Waals surface area contributed by atoms with Crippen molar-refractivity contribution in [3.05, 3.63) is 28.8 Å². The number of rotatable bonds is 4. The molecule has 0 fully saturated rings. The fraction of sp³-hybridized carbons (Fsp3) is 0.571. The van der Waals surface area contributed by atoms with E-state index in [1.165, 1.54) is 10.5 Å². The van der Waals surface area contributed by atoms with Gasteiger partial charge in [-0.1, -0.05) is 32.4 Å². The molecule has 0 unspecified atom stereocenters. The Kier molecular flexibility index (Phi) is 4.84. The lowest BCUT2D eigenvalue weighted by Crippen LogP contribution is -3.06. The van der Waals surface area contributed by atoms with Crippen LogP contribution < -0.4 is 9.64 Å². The maximum atomic E-state index is 6.05. The van der Waals surface area contributed by atoms with Gasteiger partial charge in [-0.15, -0.1) is 0 Å². The fourth-order valence-electron chi connectivity index (χ4n) is 1.58. The van der Waals surface area contributed by atoms with Crippen molar-refractivity contribution < 1.29 is 9.64 Å². The average molecular weight is 257 g/mol. The molecule has 1 rings (SSSR count). The molecule has 0 bridgehead atoms. The molecule has 2 nitrogen and oxygen atoms in total. The molecular weight excluding hydrogens is 234 g/mol. The van der Waals surface area contributed by atoms with E-state index in [9.17, 15) is 0 Å². The van der Waals surface area contributed by atoms with Gasteiger partial charge in [-0.25, -0.2) is 0 Å². The van der Waals surface area contributed by atoms with E-state index >= 15 is 0 Å². The molecule has 0 aromatic heterocycles. The quantitative estimate of drug-likeness (QED) is 0.872. The lowest BCUT2D eigenvalue weighted by Gasteiger charge is -2.23. The second-order valence-electron chi connectivity index (χ2n) is 5.70. The predicted octanol–water partition coefficient (Wildman–Crippen LogP) is 2.16. The molecule has 0 atom stereocenters. The van der Waals surface area contributed by atoms with Crippen molar-refractivity contribution in [2.24, 2.45) is 0 Å². The molecule has 1 aromatic carbocycles. The summed E-state index contributed by atoms with van der Waals surface area (Å²) in [7, 11) is 4.24. The van der Waals surface area contributed by atoms with Crippen molar-refractivity contribution in [1.82, 2.24) is 0 Å². The van der Waals surface area contributed by atoms with Gasteiger partial charge < -0.3 is 9.64 Å². The van der Waals surface area contributed by atoms with Crippen LogP contribution in [0.5, 0.6) is 5.75 Å². The first-order valence-electron chi connectivity index (χ1n) is 6.02. The van der Waals surface area contributed by atoms with E-state index in [0.29, 0.717) is 0 Å². The Morgan fingerprint density at radius 3 is 2.41 bits per heavy atom. The lowest BCUT2D eigenvalue weighted by molar-refractivity contribution is -0.858. The third-order valence-corrected chi connectivity index (χ3v) is 2.84. The minimum Gasteiger partial charge on any atom is -0.487 e. The first-order chi connectivity index (χ1) is 7.80. The van der Waals surface area contributed by atoms with Crippen LogP contribution in [0, 0.1) is 0 Å². The number of nitrogens with one attached hydrogen (secondary N) is 1. The molecule has 0 amide bonds. The zero-order chi connectivity index (χ0) is 13.1. The molecule has 17 heavy (non-hydrogen) atoms. The Bertz CT molecular complexity index is 369. The highest BCUT2D eigenvalue weighted by Gasteiger charge is 2.19. The summed E-state index contributed by atoms with van der Waals surface area (Å²) in [6, 6.07) is 5.85. The molecule has 0 spiro atoms. The number of hydrogen-bond donors (Lipinski definition) is 1. The van der Waals surface area contributed by atoms with E-state index < -0.39 is 0 Å². The third kappa shape index (κ3) is 4.57. The first-order valence-corrected chi connectivity index (χ1v) is 6.40. The van der Waals surface area contributed by atoms with Crippen LogP contribution >= 0.6 is 11.6 Å². The summed E-state index contributed by atoms with van der Waals surface area (Å²) >= 11 is 6.05. The molecule has 0 heterocycles. The minimum atomic E-state index is 0.0468. The zero-order valence-electron chi connectivity index (χ0n) is 11.4. The van der Waals surface area contributed by atoms with E-state index in [4.69, 9.17) is 16.3 Å². The summed E-state index contributed by atoms with van der Waals surface area (Å²) in [6.45, 7) is 8.23. The lowest BCUT2D eigenvalue weighted by atomic mass is 9.86. The van der Waals surface area contributed by atoms with Gasteiger partial charge in [0.1, 0.15) is 18.9 Å². The van der Waals surface area contributed by atoms with Crippen molar-refractivity contribution in [3.8, 4) is 5.75 Å². The summed E-state index contributed by atoms with van der Waals surface area (Å²) in [6.07, 6.45) is 0. The molecular formula is C14H23ClNO+. The van der Waals surface area contributed by atoms with Gasteiger partial charge in [-0.05, 0) is 23.6 Å². The molecule has 0 saturated heterocycles. The number of hydrogen-bond acceptors (Lipinski definition) is 1. The summed E-state index contributed by atoms with van der Waals surface area (Å²) in [5, 5.41) is 0.764. The summed E-state index contributed by atoms with van der Waals surface area (Å²) < 4.78 is 5.85. The van der Waals surface area contributed by atoms with Crippen molar-refractivity contribution in [1.29, 1.82) is 0 Å². The summed E-state index contributed by atoms with van der Waals surface area (Å²) in [4.78, 5) is 1.39. The predicted molar refractivity (Wildman–Crippen MR) is 73.3 cm³/mol. The van der Waals surface area contributed by atoms with E-state index in [1.807, 2.05) is 18.2 Å². The average Bonchev–Trinajstić information content (AvgIpc) is 2.18. The van der Waals surface area contributed by atoms with E-state index in [-0.39, 0.29) is 5.41 Å². The van der Waals surface area contributed by atoms with Crippen LogP contribution in [0.1, 0.15) is 26.3 Å². The Labute approximate surface area is 110 Å². The van der Waals surface area contributed by atoms with Gasteiger partial charge >= 0.3 is 0 Å². The van der Waals surface area contributed by atoms with Gasteiger partial charge in [-0.3, -0.25) is 0 Å². The highest BCUT2D eigenvalue weighted by molar-refractivity contribution is 6.30. The van der Waals surface area contributed by atoms with Crippen LogP contribution in [0.25, 0.3) is 0 Å². The standard InChI is InChI=1S/C14H22ClNO/c1-14(2,3)12-10-11(15)6-7-13(12)17-9-8-16(4)5/h6-7,10H,8-9H2,1-5H3/p+1. The smallest absolute Gasteiger partial charge is 0.137 e. The van der Waals surface area contributed by atoms with Crippen LogP contribution in [-0.2, 0) is 5.41 Å². The number of benzene rings is 1. The van der Waals surface area contributed by atoms with E-state index in [1.54, 1.807) is 0 Å². The van der Waals surface area contributed by atoms with Crippen molar-refractivity contribution in [2.45, 2.75) is 26.2 Å². The van der Waals surface area contributed by atoms with Crippen LogP contribution in [0.4, 0.5) is 0 Å². The highest BCUT2D eigenvalue weighted by Crippen LogP contribution is 2.33. The zero-order valence-corrected chi connectivity index (χ0v) is 12.2. The van der Waals surface area contributed by atoms with Gasteiger partial charge in [0.2, 0.25) is 0 Å². The molecule has 0 aliphatic carbocycles. The maximum absolute atomic E-state index is 6.05. The molecule has 1 aromatic rings. The van der Waals surface area contributed by atoms with Gasteiger partial charge in [0.15, 0.2) is 0 Å². The Balaban J connectivity index is 2.84. The second kappa shape index (κ2) is 5.74. The van der Waals surface area contributed by atoms with Gasteiger partial charge in [-0.2, -0.15) is 0 Å². The second-order valence-corrected chi connectivity index (χ2v) is 6.13. The minimum absolute atomic E-state index is 0.0468. The topological polar surface area (TPSA) is 13.7 Å². The fourth-order valence-corrected chi connectivity index (χ4v) is 1.75. The molecule has 0 saturated carbocycles. The van der Waals surface area contributed by atoms with Crippen molar-refractivity contribution in [2.75, 3.05) is 27.2 Å². The van der Waals surface area contributed by atoms with Crippen molar-refractivity contribution >= 4 is 11.6 Å². The molecule has 96 valence electrons. The van der Waals surface area contributed by atoms with Crippen LogP contribution in [0.2, 0.25) is 5.02 Å². The van der Waals surface area contributed by atoms with Crippen molar-refractivity contribution in [3.63, 3.8) is 0 Å². The number of ether oxygens (including phenoxy) is 1. The normalized spacial score (nSPS) is 11.9. The largest absolute Gasteiger partial charge is 0.487 e. The number of halogens is 1. The van der Waals surface area contributed by atoms with Crippen LogP contribution in [0.3, 0.4) is 0 Å². The summed E-state index contributed by atoms with van der Waals surface area (Å²) in [5.41, 5.74) is 1.21. The molecule has 3 heteroatoms. The third-order valence-electron chi connectivity index (χ3n) is 2.61. The maximum Gasteiger partial charge on any atom is 0.137 e. The Morgan fingerprint density at radius 1 is 1.24 bits per heavy atom. The van der Waals surface area contributed by atoms with Crippen LogP contribution in [0.15, 0.2) is 18.2 Å². The van der Waals surface area contributed by atoms with Gasteiger partial charge in [0.05, 0.1) is 14.1 Å². The summed E-state index contributed by atoms with van der Waals surface area (Å²) in [5.74, 6) is 0.947. The van der Waals surface area contributed by atoms with Gasteiger partial charge in [0.25, 0.3) is 0 Å². The first kappa shape index (κ1) is 14.3. The SMILES string of the molecule is C[NH+](C)CCOc1ccc(Cl)cc1C(C)(C)C. The Hall–Kier alpha value is -0.730. The number of likely N-dealkylation sites (N-methyl/N-ethyl adjacent to an activating group) is 1. The molecule has 0 aliphatic rings. The Morgan fingerprint density at radius 2 is 1.88 bits per heavy atom. The van der Waals surface area contributed by atoms with E-state index in [0.717, 1.165) is 23.9 Å². The highest BCUT2D eigenvalue weighted by atomic mass is 35.5. The molecule has 1 N–H and O–H groups in total. The number of quaternary nitrogens is 1. The van der Waals surface area contributed by atoms with Gasteiger partial charge in [0, 0.05) is 10.6 Å². The monoisotopic (exact) mass is 256 g/mol.